The molecule has 0 aliphatic carbocycles. The Morgan fingerprint density at radius 2 is 1.62 bits per heavy atom. The van der Waals surface area contributed by atoms with Gasteiger partial charge in [-0.3, -0.25) is 14.2 Å². The van der Waals surface area contributed by atoms with E-state index in [1.54, 1.807) is 22.8 Å². The Balaban J connectivity index is 1.19. The number of carbonyl (C=O) groups is 1. The Bertz CT molecular complexity index is 1890. The zero-order valence-corrected chi connectivity index (χ0v) is 21.5. The Hall–Kier alpha value is -4.95. The minimum absolute atomic E-state index is 0.156. The van der Waals surface area contributed by atoms with Crippen molar-refractivity contribution in [3.63, 3.8) is 0 Å². The van der Waals surface area contributed by atoms with Gasteiger partial charge in [-0.25, -0.2) is 10.4 Å². The standard InChI is InChI=1S/C31H22N4O3S/c36-28(19-22-11-8-10-21-9-4-5-14-25(21)22)34-32-20-24-17-18-29(38-24)39-31-33-27-16-7-6-15-26(27)30(37)35(31)23-12-2-1-3-13-23/h1-18,20H,19H2,(H,34,36)/b32-20+. The molecule has 2 heterocycles. The first kappa shape index (κ1) is 24.4. The van der Waals surface area contributed by atoms with E-state index in [-0.39, 0.29) is 17.9 Å². The van der Waals surface area contributed by atoms with Crippen molar-refractivity contribution in [3.8, 4) is 5.69 Å². The summed E-state index contributed by atoms with van der Waals surface area (Å²) in [6.45, 7) is 0. The van der Waals surface area contributed by atoms with Crippen LogP contribution in [0.3, 0.4) is 0 Å². The maximum Gasteiger partial charge on any atom is 0.266 e. The van der Waals surface area contributed by atoms with Crippen LogP contribution < -0.4 is 11.0 Å². The van der Waals surface area contributed by atoms with E-state index >= 15 is 0 Å². The van der Waals surface area contributed by atoms with Crippen LogP contribution in [0, 0.1) is 0 Å². The van der Waals surface area contributed by atoms with Gasteiger partial charge in [0.1, 0.15) is 5.76 Å². The lowest BCUT2D eigenvalue weighted by Gasteiger charge is -2.12. The number of hydrogen-bond acceptors (Lipinski definition) is 6. The molecule has 0 saturated heterocycles. The molecule has 7 nitrogen and oxygen atoms in total. The van der Waals surface area contributed by atoms with Crippen LogP contribution in [0.15, 0.2) is 134 Å². The number of nitrogens with zero attached hydrogens (tertiary/aromatic N) is 3. The highest BCUT2D eigenvalue weighted by Gasteiger charge is 2.15. The molecule has 6 aromatic rings. The van der Waals surface area contributed by atoms with Crippen LogP contribution in [-0.4, -0.2) is 21.7 Å². The lowest BCUT2D eigenvalue weighted by molar-refractivity contribution is -0.120. The first-order valence-electron chi connectivity index (χ1n) is 12.3. The highest BCUT2D eigenvalue weighted by Crippen LogP contribution is 2.29. The molecule has 0 fully saturated rings. The lowest BCUT2D eigenvalue weighted by Crippen LogP contribution is -2.21. The molecule has 0 unspecified atom stereocenters. The number of hydrogen-bond donors (Lipinski definition) is 1. The molecule has 0 spiro atoms. The smallest absolute Gasteiger partial charge is 0.266 e. The Labute approximate surface area is 227 Å². The van der Waals surface area contributed by atoms with Crippen LogP contribution in [-0.2, 0) is 11.2 Å². The molecule has 0 aliphatic rings. The summed E-state index contributed by atoms with van der Waals surface area (Å²) in [7, 11) is 0. The summed E-state index contributed by atoms with van der Waals surface area (Å²) in [5, 5.41) is 7.74. The van der Waals surface area contributed by atoms with Crippen molar-refractivity contribution in [1.82, 2.24) is 15.0 Å². The zero-order valence-electron chi connectivity index (χ0n) is 20.7. The highest BCUT2D eigenvalue weighted by atomic mass is 32.2. The first-order valence-corrected chi connectivity index (χ1v) is 13.1. The molecule has 190 valence electrons. The Morgan fingerprint density at radius 1 is 0.872 bits per heavy atom. The summed E-state index contributed by atoms with van der Waals surface area (Å²) in [5.74, 6) is 0.230. The van der Waals surface area contributed by atoms with Gasteiger partial charge in [0.05, 0.1) is 29.2 Å². The summed E-state index contributed by atoms with van der Waals surface area (Å²) in [6.07, 6.45) is 1.66. The summed E-state index contributed by atoms with van der Waals surface area (Å²) >= 11 is 1.24. The van der Waals surface area contributed by atoms with Gasteiger partial charge in [0.15, 0.2) is 10.2 Å². The fourth-order valence-electron chi connectivity index (χ4n) is 4.36. The van der Waals surface area contributed by atoms with E-state index in [1.165, 1.54) is 18.0 Å². The van der Waals surface area contributed by atoms with Crippen LogP contribution in [0.25, 0.3) is 27.4 Å². The van der Waals surface area contributed by atoms with Gasteiger partial charge in [-0.15, -0.1) is 0 Å². The van der Waals surface area contributed by atoms with Crippen molar-refractivity contribution in [1.29, 1.82) is 0 Å². The molecule has 2 aromatic heterocycles. The van der Waals surface area contributed by atoms with Crippen LogP contribution in [0.5, 0.6) is 0 Å². The average molecular weight is 531 g/mol. The molecule has 0 bridgehead atoms. The Kier molecular flexibility index (Phi) is 6.76. The van der Waals surface area contributed by atoms with E-state index in [9.17, 15) is 9.59 Å². The van der Waals surface area contributed by atoms with Crippen molar-refractivity contribution >= 4 is 45.6 Å². The second-order valence-electron chi connectivity index (χ2n) is 8.75. The predicted molar refractivity (Wildman–Crippen MR) is 154 cm³/mol. The zero-order chi connectivity index (χ0) is 26.6. The number of carbonyl (C=O) groups excluding carboxylic acids is 1. The third-order valence-corrected chi connectivity index (χ3v) is 7.04. The van der Waals surface area contributed by atoms with Gasteiger partial charge >= 0.3 is 0 Å². The van der Waals surface area contributed by atoms with Crippen molar-refractivity contribution in [2.45, 2.75) is 16.7 Å². The third-order valence-electron chi connectivity index (χ3n) is 6.17. The van der Waals surface area contributed by atoms with E-state index in [1.807, 2.05) is 91.0 Å². The molecule has 6 rings (SSSR count). The van der Waals surface area contributed by atoms with Gasteiger partial charge in [0.2, 0.25) is 5.91 Å². The number of nitrogens with one attached hydrogen (secondary N) is 1. The van der Waals surface area contributed by atoms with Crippen LogP contribution in [0.2, 0.25) is 0 Å². The van der Waals surface area contributed by atoms with Gasteiger partial charge in [0.25, 0.3) is 5.56 Å². The van der Waals surface area contributed by atoms with Crippen LogP contribution in [0.1, 0.15) is 11.3 Å². The van der Waals surface area contributed by atoms with Crippen LogP contribution in [0.4, 0.5) is 0 Å². The second kappa shape index (κ2) is 10.8. The number of benzene rings is 4. The summed E-state index contributed by atoms with van der Waals surface area (Å²) < 4.78 is 7.48. The molecule has 8 heteroatoms. The first-order chi connectivity index (χ1) is 19.2. The third kappa shape index (κ3) is 5.23. The summed E-state index contributed by atoms with van der Waals surface area (Å²) in [4.78, 5) is 30.6. The molecule has 39 heavy (non-hydrogen) atoms. The van der Waals surface area contributed by atoms with Crippen molar-refractivity contribution in [3.05, 3.63) is 131 Å². The number of aromatic nitrogens is 2. The lowest BCUT2D eigenvalue weighted by atomic mass is 10.0. The van der Waals surface area contributed by atoms with Crippen molar-refractivity contribution in [2.24, 2.45) is 5.10 Å². The van der Waals surface area contributed by atoms with Crippen molar-refractivity contribution < 1.29 is 9.21 Å². The second-order valence-corrected chi connectivity index (χ2v) is 9.73. The number of amides is 1. The van der Waals surface area contributed by atoms with E-state index in [4.69, 9.17) is 9.40 Å². The molecule has 0 aliphatic heterocycles. The normalized spacial score (nSPS) is 11.4. The van der Waals surface area contributed by atoms with Gasteiger partial charge in [-0.2, -0.15) is 5.10 Å². The largest absolute Gasteiger partial charge is 0.448 e. The van der Waals surface area contributed by atoms with E-state index in [2.05, 4.69) is 10.5 Å². The van der Waals surface area contributed by atoms with Crippen molar-refractivity contribution in [2.75, 3.05) is 0 Å². The van der Waals surface area contributed by atoms with Crippen LogP contribution >= 0.6 is 11.8 Å². The maximum atomic E-state index is 13.4. The fraction of sp³-hybridized carbons (Fsp3) is 0.0323. The molecular weight excluding hydrogens is 508 g/mol. The number of fused-ring (bicyclic) bond motifs is 2. The summed E-state index contributed by atoms with van der Waals surface area (Å²) in [5.41, 5.74) is 4.67. The minimum Gasteiger partial charge on any atom is -0.448 e. The molecule has 4 aromatic carbocycles. The molecule has 1 amide bonds. The van der Waals surface area contributed by atoms with E-state index in [0.29, 0.717) is 32.6 Å². The van der Waals surface area contributed by atoms with Gasteiger partial charge in [-0.1, -0.05) is 72.8 Å². The number of hydrazone groups is 1. The molecule has 0 atom stereocenters. The Morgan fingerprint density at radius 3 is 2.49 bits per heavy atom. The van der Waals surface area contributed by atoms with E-state index < -0.39 is 0 Å². The highest BCUT2D eigenvalue weighted by molar-refractivity contribution is 7.99. The average Bonchev–Trinajstić information content (AvgIpc) is 3.41. The fourth-order valence-corrected chi connectivity index (χ4v) is 5.24. The van der Waals surface area contributed by atoms with Gasteiger partial charge in [-0.05, 0) is 64.5 Å². The number of para-hydroxylation sites is 2. The molecule has 0 radical (unpaired) electrons. The quantitative estimate of drug-likeness (QED) is 0.156. The topological polar surface area (TPSA) is 89.5 Å². The predicted octanol–water partition coefficient (Wildman–Crippen LogP) is 5.98. The molecule has 1 N–H and O–H groups in total. The number of furan rings is 1. The SMILES string of the molecule is O=C(Cc1cccc2ccccc12)N/N=C/c1ccc(Sc2nc3ccccc3c(=O)n2-c2ccccc2)o1. The van der Waals surface area contributed by atoms with Gasteiger partial charge < -0.3 is 4.42 Å². The minimum atomic E-state index is -0.226. The summed E-state index contributed by atoms with van der Waals surface area (Å²) in [6, 6.07) is 34.0. The van der Waals surface area contributed by atoms with Gasteiger partial charge in [0, 0.05) is 0 Å². The number of rotatable bonds is 7. The molecular formula is C31H22N4O3S. The molecule has 0 saturated carbocycles. The monoisotopic (exact) mass is 530 g/mol. The van der Waals surface area contributed by atoms with E-state index in [0.717, 1.165) is 16.3 Å². The maximum absolute atomic E-state index is 13.4.